The van der Waals surface area contributed by atoms with E-state index in [0.29, 0.717) is 12.8 Å². The van der Waals surface area contributed by atoms with Crippen LogP contribution in [0.5, 0.6) is 0 Å². The molecule has 0 aromatic heterocycles. The van der Waals surface area contributed by atoms with Gasteiger partial charge in [-0.3, -0.25) is 14.4 Å². The second-order valence-electron chi connectivity index (χ2n) is 8.32. The summed E-state index contributed by atoms with van der Waals surface area (Å²) in [6.45, 7) is 2.68. The van der Waals surface area contributed by atoms with Gasteiger partial charge in [-0.15, -0.1) is 0 Å². The second-order valence-corrected chi connectivity index (χ2v) is 8.32. The maximum atomic E-state index is 11.6. The van der Waals surface area contributed by atoms with Gasteiger partial charge in [-0.1, -0.05) is 90.4 Å². The molecule has 6 heteroatoms. The summed E-state index contributed by atoms with van der Waals surface area (Å²) in [4.78, 5) is 33.3. The maximum absolute atomic E-state index is 11.6. The number of carboxylic acid groups (broad SMARTS) is 1. The molecular weight excluding hydrogens is 380 g/mol. The molecule has 6 nitrogen and oxygen atoms in total. The Bertz CT molecular complexity index is 441. The molecule has 0 aliphatic heterocycles. The number of nitrogens with one attached hydrogen (secondary N) is 2. The predicted octanol–water partition coefficient (Wildman–Crippen LogP) is 5.35. The molecule has 0 aromatic carbocycles. The maximum Gasteiger partial charge on any atom is 0.322 e. The van der Waals surface area contributed by atoms with Crippen LogP contribution in [0.25, 0.3) is 0 Å². The topological polar surface area (TPSA) is 95.5 Å². The van der Waals surface area contributed by atoms with E-state index in [1.165, 1.54) is 64.2 Å². The highest BCUT2D eigenvalue weighted by molar-refractivity contribution is 5.80. The van der Waals surface area contributed by atoms with Gasteiger partial charge in [0.1, 0.15) is 6.54 Å². The first kappa shape index (κ1) is 28.4. The van der Waals surface area contributed by atoms with Crippen LogP contribution in [-0.2, 0) is 14.4 Å². The van der Waals surface area contributed by atoms with Gasteiger partial charge in [0.15, 0.2) is 0 Å². The van der Waals surface area contributed by atoms with E-state index in [1.54, 1.807) is 0 Å². The molecule has 0 spiro atoms. The zero-order valence-electron chi connectivity index (χ0n) is 19.3. The highest BCUT2D eigenvalue weighted by atomic mass is 16.4. The van der Waals surface area contributed by atoms with Gasteiger partial charge in [0.05, 0.1) is 0 Å². The van der Waals surface area contributed by atoms with E-state index < -0.39 is 5.97 Å². The lowest BCUT2D eigenvalue weighted by atomic mass is 10.0. The van der Waals surface area contributed by atoms with Crippen LogP contribution in [0.1, 0.15) is 122 Å². The minimum absolute atomic E-state index is 0.162. The van der Waals surface area contributed by atoms with Crippen molar-refractivity contribution in [3.05, 3.63) is 0 Å². The molecule has 30 heavy (non-hydrogen) atoms. The fourth-order valence-corrected chi connectivity index (χ4v) is 3.45. The SMILES string of the molecule is CCCCNC(=O)CCCCCCCCCCCCCCCCC(=O)NCC(=O)O. The van der Waals surface area contributed by atoms with Crippen molar-refractivity contribution in [3.8, 4) is 0 Å². The number of hydrogen-bond donors (Lipinski definition) is 3. The van der Waals surface area contributed by atoms with Crippen LogP contribution < -0.4 is 10.6 Å². The van der Waals surface area contributed by atoms with Crippen LogP contribution in [0, 0.1) is 0 Å². The van der Waals surface area contributed by atoms with E-state index in [2.05, 4.69) is 17.6 Å². The Balaban J connectivity index is 3.17. The van der Waals surface area contributed by atoms with Crippen molar-refractivity contribution in [2.45, 2.75) is 122 Å². The Hall–Kier alpha value is -1.59. The van der Waals surface area contributed by atoms with Crippen molar-refractivity contribution in [1.82, 2.24) is 10.6 Å². The van der Waals surface area contributed by atoms with E-state index in [-0.39, 0.29) is 18.4 Å². The molecule has 0 rings (SSSR count). The summed E-state index contributed by atoms with van der Waals surface area (Å²) in [5, 5.41) is 13.8. The monoisotopic (exact) mass is 426 g/mol. The van der Waals surface area contributed by atoms with E-state index in [1.807, 2.05) is 0 Å². The minimum Gasteiger partial charge on any atom is -0.480 e. The largest absolute Gasteiger partial charge is 0.480 e. The molecule has 0 bridgehead atoms. The molecule has 176 valence electrons. The molecule has 0 unspecified atom stereocenters. The molecule has 2 amide bonds. The lowest BCUT2D eigenvalue weighted by Gasteiger charge is -2.05. The number of hydrogen-bond acceptors (Lipinski definition) is 3. The average Bonchev–Trinajstić information content (AvgIpc) is 2.72. The first-order valence-electron chi connectivity index (χ1n) is 12.3. The molecule has 0 aromatic rings. The van der Waals surface area contributed by atoms with Crippen LogP contribution in [0.4, 0.5) is 0 Å². The number of unbranched alkanes of at least 4 members (excludes halogenated alkanes) is 14. The van der Waals surface area contributed by atoms with Gasteiger partial charge in [0.25, 0.3) is 0 Å². The van der Waals surface area contributed by atoms with Gasteiger partial charge in [-0.05, 0) is 19.3 Å². The van der Waals surface area contributed by atoms with Gasteiger partial charge in [-0.2, -0.15) is 0 Å². The van der Waals surface area contributed by atoms with E-state index >= 15 is 0 Å². The van der Waals surface area contributed by atoms with Crippen LogP contribution in [0.2, 0.25) is 0 Å². The Morgan fingerprint density at radius 1 is 0.567 bits per heavy atom. The van der Waals surface area contributed by atoms with Crippen LogP contribution in [-0.4, -0.2) is 36.0 Å². The zero-order valence-corrected chi connectivity index (χ0v) is 19.3. The smallest absolute Gasteiger partial charge is 0.322 e. The van der Waals surface area contributed by atoms with E-state index in [9.17, 15) is 14.4 Å². The summed E-state index contributed by atoms with van der Waals surface area (Å²) >= 11 is 0. The Kier molecular flexibility index (Phi) is 20.9. The van der Waals surface area contributed by atoms with E-state index in [0.717, 1.165) is 45.1 Å². The van der Waals surface area contributed by atoms with Crippen molar-refractivity contribution >= 4 is 17.8 Å². The molecule has 0 atom stereocenters. The lowest BCUT2D eigenvalue weighted by molar-refractivity contribution is -0.138. The first-order valence-corrected chi connectivity index (χ1v) is 12.3. The molecule has 0 aliphatic carbocycles. The fraction of sp³-hybridized carbons (Fsp3) is 0.875. The molecule has 0 heterocycles. The number of rotatable bonds is 22. The van der Waals surface area contributed by atoms with Crippen molar-refractivity contribution < 1.29 is 19.5 Å². The second kappa shape index (κ2) is 22.1. The van der Waals surface area contributed by atoms with Crippen molar-refractivity contribution in [2.24, 2.45) is 0 Å². The highest BCUT2D eigenvalue weighted by Gasteiger charge is 2.03. The third-order valence-corrected chi connectivity index (χ3v) is 5.35. The molecule has 0 radical (unpaired) electrons. The number of aliphatic carboxylic acids is 1. The summed E-state index contributed by atoms with van der Waals surface area (Å²) in [6, 6.07) is 0. The molecular formula is C24H46N2O4. The fourth-order valence-electron chi connectivity index (χ4n) is 3.45. The standard InChI is InChI=1S/C24H46N2O4/c1-2-3-20-25-22(27)18-16-14-12-10-8-6-4-5-7-9-11-13-15-17-19-23(28)26-21-24(29)30/h2-21H2,1H3,(H,25,27)(H,26,28)(H,29,30). The lowest BCUT2D eigenvalue weighted by Crippen LogP contribution is -2.28. The summed E-state index contributed by atoms with van der Waals surface area (Å²) in [6.07, 6.45) is 20.1. The van der Waals surface area contributed by atoms with Gasteiger partial charge in [-0.25, -0.2) is 0 Å². The van der Waals surface area contributed by atoms with Crippen molar-refractivity contribution in [2.75, 3.05) is 13.1 Å². The Morgan fingerprint density at radius 3 is 1.30 bits per heavy atom. The van der Waals surface area contributed by atoms with Crippen LogP contribution in [0.3, 0.4) is 0 Å². The third kappa shape index (κ3) is 22.7. The summed E-state index contributed by atoms with van der Waals surface area (Å²) in [5.41, 5.74) is 0. The Morgan fingerprint density at radius 2 is 0.933 bits per heavy atom. The number of carbonyl (C=O) groups excluding carboxylic acids is 2. The quantitative estimate of drug-likeness (QED) is 0.203. The van der Waals surface area contributed by atoms with Crippen molar-refractivity contribution in [3.63, 3.8) is 0 Å². The summed E-state index contributed by atoms with van der Waals surface area (Å²) in [5.74, 6) is -0.947. The Labute approximate surface area is 184 Å². The summed E-state index contributed by atoms with van der Waals surface area (Å²) in [7, 11) is 0. The average molecular weight is 427 g/mol. The molecule has 0 aliphatic rings. The zero-order chi connectivity index (χ0) is 22.3. The number of carboxylic acids is 1. The van der Waals surface area contributed by atoms with Crippen LogP contribution >= 0.6 is 0 Å². The molecule has 0 saturated heterocycles. The van der Waals surface area contributed by atoms with Gasteiger partial charge < -0.3 is 15.7 Å². The van der Waals surface area contributed by atoms with Gasteiger partial charge in [0.2, 0.25) is 11.8 Å². The normalized spacial score (nSPS) is 10.7. The van der Waals surface area contributed by atoms with Crippen LogP contribution in [0.15, 0.2) is 0 Å². The summed E-state index contributed by atoms with van der Waals surface area (Å²) < 4.78 is 0. The van der Waals surface area contributed by atoms with Gasteiger partial charge in [0, 0.05) is 19.4 Å². The number of amides is 2. The van der Waals surface area contributed by atoms with Crippen molar-refractivity contribution in [1.29, 1.82) is 0 Å². The third-order valence-electron chi connectivity index (χ3n) is 5.35. The predicted molar refractivity (Wildman–Crippen MR) is 122 cm³/mol. The minimum atomic E-state index is -0.998. The molecule has 3 N–H and O–H groups in total. The molecule has 0 saturated carbocycles. The van der Waals surface area contributed by atoms with E-state index in [4.69, 9.17) is 5.11 Å². The number of carbonyl (C=O) groups is 3. The molecule has 0 fully saturated rings. The van der Waals surface area contributed by atoms with Gasteiger partial charge >= 0.3 is 5.97 Å². The first-order chi connectivity index (χ1) is 14.6. The highest BCUT2D eigenvalue weighted by Crippen LogP contribution is 2.13.